The van der Waals surface area contributed by atoms with E-state index in [2.05, 4.69) is 10.6 Å². The molecule has 0 aliphatic carbocycles. The van der Waals surface area contributed by atoms with Crippen molar-refractivity contribution in [2.24, 2.45) is 0 Å². The number of hydrogen-bond donors (Lipinski definition) is 2. The quantitative estimate of drug-likeness (QED) is 0.527. The number of carbonyl (C=O) groups is 3. The van der Waals surface area contributed by atoms with E-state index in [0.717, 1.165) is 11.1 Å². The summed E-state index contributed by atoms with van der Waals surface area (Å²) in [5.41, 5.74) is -1.66. The molecule has 2 amide bonds. The zero-order valence-electron chi connectivity index (χ0n) is 20.9. The number of carbonyl (C=O) groups excluding carboxylic acids is 3. The SMILES string of the molecule is CC[C@](Cc1ccccc1)(NC(=O)OCc1ccccc1)C(=O)NC(C)(C)C(=O)OC(C)(C)C. The number of esters is 1. The molecule has 1 atom stereocenters. The van der Waals surface area contributed by atoms with Gasteiger partial charge in [0.2, 0.25) is 5.91 Å². The normalized spacial score (nSPS) is 13.4. The number of nitrogens with one attached hydrogen (secondary N) is 2. The molecule has 7 nitrogen and oxygen atoms in total. The second-order valence-electron chi connectivity index (χ2n) is 9.87. The average Bonchev–Trinajstić information content (AvgIpc) is 2.77. The number of rotatable bonds is 9. The molecule has 0 aromatic heterocycles. The van der Waals surface area contributed by atoms with Crippen LogP contribution in [-0.4, -0.2) is 34.6 Å². The first-order valence-corrected chi connectivity index (χ1v) is 11.5. The van der Waals surface area contributed by atoms with E-state index < -0.39 is 34.6 Å². The second-order valence-corrected chi connectivity index (χ2v) is 9.87. The van der Waals surface area contributed by atoms with Crippen molar-refractivity contribution < 1.29 is 23.9 Å². The van der Waals surface area contributed by atoms with Crippen LogP contribution in [0.4, 0.5) is 4.79 Å². The van der Waals surface area contributed by atoms with Gasteiger partial charge in [-0.1, -0.05) is 67.6 Å². The van der Waals surface area contributed by atoms with Crippen molar-refractivity contribution in [3.8, 4) is 0 Å². The van der Waals surface area contributed by atoms with E-state index in [-0.39, 0.29) is 19.4 Å². The summed E-state index contributed by atoms with van der Waals surface area (Å²) < 4.78 is 10.9. The molecule has 184 valence electrons. The van der Waals surface area contributed by atoms with Gasteiger partial charge in [0.05, 0.1) is 0 Å². The largest absolute Gasteiger partial charge is 0.458 e. The summed E-state index contributed by atoms with van der Waals surface area (Å²) in [6.07, 6.45) is -0.216. The minimum absolute atomic E-state index is 0.0722. The summed E-state index contributed by atoms with van der Waals surface area (Å²) in [6, 6.07) is 18.7. The molecule has 0 unspecified atom stereocenters. The molecule has 2 rings (SSSR count). The highest BCUT2D eigenvalue weighted by atomic mass is 16.6. The van der Waals surface area contributed by atoms with Gasteiger partial charge in [0.25, 0.3) is 0 Å². The highest BCUT2D eigenvalue weighted by Gasteiger charge is 2.44. The van der Waals surface area contributed by atoms with Gasteiger partial charge < -0.3 is 20.1 Å². The maximum Gasteiger partial charge on any atom is 0.408 e. The van der Waals surface area contributed by atoms with Gasteiger partial charge in [0.1, 0.15) is 23.3 Å². The van der Waals surface area contributed by atoms with Crippen LogP contribution in [0.1, 0.15) is 59.1 Å². The molecule has 0 saturated carbocycles. The molecule has 0 spiro atoms. The number of ether oxygens (including phenoxy) is 2. The van der Waals surface area contributed by atoms with Crippen molar-refractivity contribution in [1.82, 2.24) is 10.6 Å². The fourth-order valence-corrected chi connectivity index (χ4v) is 3.31. The van der Waals surface area contributed by atoms with Crippen LogP contribution in [0, 0.1) is 0 Å². The molecule has 2 aromatic rings. The summed E-state index contributed by atoms with van der Waals surface area (Å²) >= 11 is 0. The van der Waals surface area contributed by atoms with E-state index >= 15 is 0 Å². The Morgan fingerprint density at radius 3 is 1.82 bits per heavy atom. The number of hydrogen-bond acceptors (Lipinski definition) is 5. The number of alkyl carbamates (subject to hydrolysis) is 1. The Bertz CT molecular complexity index is 968. The lowest BCUT2D eigenvalue weighted by atomic mass is 9.86. The Kier molecular flexibility index (Phi) is 8.85. The summed E-state index contributed by atoms with van der Waals surface area (Å²) in [4.78, 5) is 39.1. The standard InChI is InChI=1S/C27H36N2O5/c1-7-27(18-20-14-10-8-11-15-20,29-24(32)33-19-21-16-12-9-13-17-21)22(30)28-26(5,6)23(31)34-25(2,3)4/h8-17H,7,18-19H2,1-6H3,(H,28,30)(H,29,32)/t27-/m1/s1. The minimum atomic E-state index is -1.34. The predicted molar refractivity (Wildman–Crippen MR) is 131 cm³/mol. The fraction of sp³-hybridized carbons (Fsp3) is 0.444. The van der Waals surface area contributed by atoms with E-state index in [1.807, 2.05) is 60.7 Å². The zero-order chi connectivity index (χ0) is 25.4. The summed E-state index contributed by atoms with van der Waals surface area (Å²) in [5, 5.41) is 5.57. The molecule has 34 heavy (non-hydrogen) atoms. The van der Waals surface area contributed by atoms with Gasteiger partial charge in [0, 0.05) is 6.42 Å². The predicted octanol–water partition coefficient (Wildman–Crippen LogP) is 4.54. The third kappa shape index (κ3) is 7.90. The van der Waals surface area contributed by atoms with Crippen molar-refractivity contribution in [1.29, 1.82) is 0 Å². The molecule has 7 heteroatoms. The first-order valence-electron chi connectivity index (χ1n) is 11.5. The van der Waals surface area contributed by atoms with Crippen LogP contribution in [0.25, 0.3) is 0 Å². The smallest absolute Gasteiger partial charge is 0.408 e. The van der Waals surface area contributed by atoms with Crippen molar-refractivity contribution in [2.75, 3.05) is 0 Å². The molecule has 0 saturated heterocycles. The third-order valence-corrected chi connectivity index (χ3v) is 5.28. The van der Waals surface area contributed by atoms with Crippen molar-refractivity contribution in [3.63, 3.8) is 0 Å². The van der Waals surface area contributed by atoms with Gasteiger partial charge in [-0.2, -0.15) is 0 Å². The summed E-state index contributed by atoms with van der Waals surface area (Å²) in [6.45, 7) is 10.3. The molecular weight excluding hydrogens is 432 g/mol. The first-order chi connectivity index (χ1) is 15.9. The fourth-order valence-electron chi connectivity index (χ4n) is 3.31. The molecule has 0 aliphatic heterocycles. The minimum Gasteiger partial charge on any atom is -0.458 e. The Labute approximate surface area is 202 Å². The first kappa shape index (κ1) is 26.9. The van der Waals surface area contributed by atoms with Gasteiger partial charge in [-0.25, -0.2) is 9.59 Å². The Morgan fingerprint density at radius 2 is 1.32 bits per heavy atom. The van der Waals surface area contributed by atoms with Gasteiger partial charge in [-0.05, 0) is 52.2 Å². The molecule has 0 fully saturated rings. The van der Waals surface area contributed by atoms with E-state index in [9.17, 15) is 14.4 Å². The molecule has 2 N–H and O–H groups in total. The van der Waals surface area contributed by atoms with Crippen molar-refractivity contribution in [2.45, 2.75) is 77.7 Å². The lowest BCUT2D eigenvalue weighted by Gasteiger charge is -2.36. The van der Waals surface area contributed by atoms with Crippen LogP contribution >= 0.6 is 0 Å². The highest BCUT2D eigenvalue weighted by molar-refractivity contribution is 5.94. The zero-order valence-corrected chi connectivity index (χ0v) is 20.9. The van der Waals surface area contributed by atoms with Gasteiger partial charge in [-0.3, -0.25) is 4.79 Å². The maximum atomic E-state index is 13.6. The van der Waals surface area contributed by atoms with Crippen LogP contribution < -0.4 is 10.6 Å². The van der Waals surface area contributed by atoms with Gasteiger partial charge >= 0.3 is 12.1 Å². The van der Waals surface area contributed by atoms with E-state index in [1.165, 1.54) is 0 Å². The third-order valence-electron chi connectivity index (χ3n) is 5.28. The molecule has 0 radical (unpaired) electrons. The van der Waals surface area contributed by atoms with Crippen LogP contribution in [0.3, 0.4) is 0 Å². The van der Waals surface area contributed by atoms with Crippen LogP contribution in [0.2, 0.25) is 0 Å². The molecule has 0 bridgehead atoms. The van der Waals surface area contributed by atoms with Crippen LogP contribution in [0.15, 0.2) is 60.7 Å². The lowest BCUT2D eigenvalue weighted by Crippen LogP contribution is -2.65. The molecule has 0 aliphatic rings. The second kappa shape index (κ2) is 11.2. The van der Waals surface area contributed by atoms with E-state index in [4.69, 9.17) is 9.47 Å². The molecule has 0 heterocycles. The van der Waals surface area contributed by atoms with E-state index in [0.29, 0.717) is 0 Å². The lowest BCUT2D eigenvalue weighted by molar-refractivity contribution is -0.163. The van der Waals surface area contributed by atoms with Crippen LogP contribution in [-0.2, 0) is 32.1 Å². The topological polar surface area (TPSA) is 93.7 Å². The average molecular weight is 469 g/mol. The molecule has 2 aromatic carbocycles. The molecular formula is C27H36N2O5. The Balaban J connectivity index is 2.25. The van der Waals surface area contributed by atoms with Crippen molar-refractivity contribution >= 4 is 18.0 Å². The Morgan fingerprint density at radius 1 is 0.794 bits per heavy atom. The maximum absolute atomic E-state index is 13.6. The number of benzene rings is 2. The van der Waals surface area contributed by atoms with Crippen molar-refractivity contribution in [3.05, 3.63) is 71.8 Å². The van der Waals surface area contributed by atoms with Gasteiger partial charge in [-0.15, -0.1) is 0 Å². The van der Waals surface area contributed by atoms with E-state index in [1.54, 1.807) is 41.5 Å². The summed E-state index contributed by atoms with van der Waals surface area (Å²) in [5.74, 6) is -1.06. The van der Waals surface area contributed by atoms with Crippen LogP contribution in [0.5, 0.6) is 0 Å². The van der Waals surface area contributed by atoms with Gasteiger partial charge in [0.15, 0.2) is 0 Å². The highest BCUT2D eigenvalue weighted by Crippen LogP contribution is 2.22. The monoisotopic (exact) mass is 468 g/mol. The Hall–Kier alpha value is -3.35. The number of amides is 2. The summed E-state index contributed by atoms with van der Waals surface area (Å²) in [7, 11) is 0.